The van der Waals surface area contributed by atoms with Crippen LogP contribution in [0.3, 0.4) is 0 Å². The molecule has 2 rings (SSSR count). The van der Waals surface area contributed by atoms with Gasteiger partial charge in [-0.1, -0.05) is 25.0 Å². The number of ether oxygens (including phenoxy) is 1. The Bertz CT molecular complexity index is 435. The molecule has 1 amide bonds. The smallest absolute Gasteiger partial charge is 0.258 e. The van der Waals surface area contributed by atoms with Crippen molar-refractivity contribution in [2.24, 2.45) is 0 Å². The van der Waals surface area contributed by atoms with Crippen LogP contribution in [0.5, 0.6) is 11.5 Å². The van der Waals surface area contributed by atoms with Gasteiger partial charge in [0.15, 0.2) is 18.1 Å². The summed E-state index contributed by atoms with van der Waals surface area (Å²) in [5.41, 5.74) is 0. The third-order valence-electron chi connectivity index (χ3n) is 3.30. The second-order valence-electron chi connectivity index (χ2n) is 4.78. The van der Waals surface area contributed by atoms with Crippen LogP contribution in [0.2, 0.25) is 0 Å². The lowest BCUT2D eigenvalue weighted by atomic mass is 9.92. The third kappa shape index (κ3) is 3.86. The lowest BCUT2D eigenvalue weighted by Gasteiger charge is -2.28. The van der Waals surface area contributed by atoms with E-state index < -0.39 is 6.10 Å². The summed E-state index contributed by atoms with van der Waals surface area (Å²) in [6.07, 6.45) is 3.07. The zero-order valence-corrected chi connectivity index (χ0v) is 10.7. The van der Waals surface area contributed by atoms with Crippen LogP contribution in [0.15, 0.2) is 24.3 Å². The maximum absolute atomic E-state index is 11.7. The first-order valence-corrected chi connectivity index (χ1v) is 6.55. The first kappa shape index (κ1) is 13.7. The summed E-state index contributed by atoms with van der Waals surface area (Å²) in [6.45, 7) is -0.166. The predicted octanol–water partition coefficient (Wildman–Crippen LogP) is 1.19. The summed E-state index contributed by atoms with van der Waals surface area (Å²) in [5, 5.41) is 22.0. The molecule has 1 aliphatic carbocycles. The zero-order chi connectivity index (χ0) is 13.7. The van der Waals surface area contributed by atoms with Gasteiger partial charge in [0.25, 0.3) is 5.91 Å². The van der Waals surface area contributed by atoms with Crippen molar-refractivity contribution in [2.75, 3.05) is 6.61 Å². The quantitative estimate of drug-likeness (QED) is 0.764. The average molecular weight is 265 g/mol. The molecule has 104 valence electrons. The number of phenolic OH excluding ortho intramolecular Hbond substituents is 1. The van der Waals surface area contributed by atoms with Crippen LogP contribution in [0, 0.1) is 0 Å². The fraction of sp³-hybridized carbons (Fsp3) is 0.500. The van der Waals surface area contributed by atoms with Gasteiger partial charge >= 0.3 is 0 Å². The third-order valence-corrected chi connectivity index (χ3v) is 3.30. The maximum Gasteiger partial charge on any atom is 0.258 e. The van der Waals surface area contributed by atoms with Crippen LogP contribution < -0.4 is 10.1 Å². The number of para-hydroxylation sites is 2. The van der Waals surface area contributed by atoms with Gasteiger partial charge in [-0.3, -0.25) is 4.79 Å². The highest BCUT2D eigenvalue weighted by Gasteiger charge is 2.24. The summed E-state index contributed by atoms with van der Waals surface area (Å²) in [5.74, 6) is 0.00375. The molecule has 3 N–H and O–H groups in total. The monoisotopic (exact) mass is 265 g/mol. The number of carbonyl (C=O) groups excluding carboxylic acids is 1. The van der Waals surface area contributed by atoms with Crippen molar-refractivity contribution in [3.63, 3.8) is 0 Å². The molecule has 0 saturated heterocycles. The molecule has 0 heterocycles. The standard InChI is InChI=1S/C14H19NO4/c16-11-6-2-1-5-10(11)15-14(18)9-19-13-8-4-3-7-12(13)17/h3-4,7-8,10-11,16-17H,1-2,5-6,9H2,(H,15,18). The fourth-order valence-electron chi connectivity index (χ4n) is 2.25. The number of nitrogens with one attached hydrogen (secondary N) is 1. The highest BCUT2D eigenvalue weighted by molar-refractivity contribution is 5.78. The van der Waals surface area contributed by atoms with E-state index >= 15 is 0 Å². The minimum atomic E-state index is -0.470. The molecule has 5 nitrogen and oxygen atoms in total. The van der Waals surface area contributed by atoms with Gasteiger partial charge in [0, 0.05) is 0 Å². The van der Waals surface area contributed by atoms with Crippen LogP contribution in [-0.4, -0.2) is 34.9 Å². The minimum absolute atomic E-state index is 0.00741. The number of carbonyl (C=O) groups is 1. The summed E-state index contributed by atoms with van der Waals surface area (Å²) in [7, 11) is 0. The number of amides is 1. The van der Waals surface area contributed by atoms with Crippen LogP contribution in [-0.2, 0) is 4.79 Å². The number of aromatic hydroxyl groups is 1. The first-order chi connectivity index (χ1) is 9.16. The molecule has 1 aromatic rings. The van der Waals surface area contributed by atoms with Crippen molar-refractivity contribution in [1.29, 1.82) is 0 Å². The van der Waals surface area contributed by atoms with Gasteiger partial charge in [0.2, 0.25) is 0 Å². The van der Waals surface area contributed by atoms with Crippen molar-refractivity contribution >= 4 is 5.91 Å². The Morgan fingerprint density at radius 2 is 2.05 bits per heavy atom. The largest absolute Gasteiger partial charge is 0.504 e. The van der Waals surface area contributed by atoms with Gasteiger partial charge in [-0.05, 0) is 25.0 Å². The summed E-state index contributed by atoms with van der Waals surface area (Å²) < 4.78 is 5.23. The van der Waals surface area contributed by atoms with Crippen LogP contribution >= 0.6 is 0 Å². The van der Waals surface area contributed by atoms with E-state index in [1.807, 2.05) is 0 Å². The van der Waals surface area contributed by atoms with Crippen LogP contribution in [0.4, 0.5) is 0 Å². The minimum Gasteiger partial charge on any atom is -0.504 e. The van der Waals surface area contributed by atoms with Gasteiger partial charge in [-0.2, -0.15) is 0 Å². The van der Waals surface area contributed by atoms with Crippen LogP contribution in [0.25, 0.3) is 0 Å². The van der Waals surface area contributed by atoms with Crippen molar-refractivity contribution in [2.45, 2.75) is 37.8 Å². The van der Waals surface area contributed by atoms with Crippen molar-refractivity contribution in [3.8, 4) is 11.5 Å². The lowest BCUT2D eigenvalue weighted by molar-refractivity contribution is -0.125. The van der Waals surface area contributed by atoms with Gasteiger partial charge < -0.3 is 20.3 Å². The van der Waals surface area contributed by atoms with Crippen LogP contribution in [0.1, 0.15) is 25.7 Å². The maximum atomic E-state index is 11.7. The molecular weight excluding hydrogens is 246 g/mol. The highest BCUT2D eigenvalue weighted by atomic mass is 16.5. The molecule has 0 radical (unpaired) electrons. The van der Waals surface area contributed by atoms with E-state index in [2.05, 4.69) is 5.32 Å². The molecule has 5 heteroatoms. The number of phenols is 1. The van der Waals surface area contributed by atoms with E-state index in [-0.39, 0.29) is 30.1 Å². The number of benzene rings is 1. The van der Waals surface area contributed by atoms with E-state index in [0.717, 1.165) is 25.7 Å². The highest BCUT2D eigenvalue weighted by Crippen LogP contribution is 2.24. The van der Waals surface area contributed by atoms with Gasteiger partial charge in [-0.15, -0.1) is 0 Å². The molecule has 1 aromatic carbocycles. The van der Waals surface area contributed by atoms with Gasteiger partial charge in [-0.25, -0.2) is 0 Å². The molecule has 2 atom stereocenters. The number of aliphatic hydroxyl groups excluding tert-OH is 1. The van der Waals surface area contributed by atoms with E-state index in [4.69, 9.17) is 4.74 Å². The van der Waals surface area contributed by atoms with E-state index in [9.17, 15) is 15.0 Å². The Morgan fingerprint density at radius 3 is 2.79 bits per heavy atom. The molecule has 0 spiro atoms. The van der Waals surface area contributed by atoms with Gasteiger partial charge in [0.1, 0.15) is 0 Å². The van der Waals surface area contributed by atoms with Gasteiger partial charge in [0.05, 0.1) is 12.1 Å². The van der Waals surface area contributed by atoms with Crippen molar-refractivity contribution in [1.82, 2.24) is 5.32 Å². The normalized spacial score (nSPS) is 22.8. The number of aliphatic hydroxyl groups is 1. The Labute approximate surface area is 112 Å². The molecule has 1 aliphatic rings. The summed E-state index contributed by atoms with van der Waals surface area (Å²) >= 11 is 0. The zero-order valence-electron chi connectivity index (χ0n) is 10.7. The van der Waals surface area contributed by atoms with E-state index in [0.29, 0.717) is 0 Å². The molecule has 19 heavy (non-hydrogen) atoms. The Morgan fingerprint density at radius 1 is 1.32 bits per heavy atom. The second-order valence-corrected chi connectivity index (χ2v) is 4.78. The Kier molecular flexibility index (Phi) is 4.63. The molecule has 0 bridgehead atoms. The number of hydrogen-bond acceptors (Lipinski definition) is 4. The SMILES string of the molecule is O=C(COc1ccccc1O)NC1CCCCC1O. The van der Waals surface area contributed by atoms with Crippen molar-refractivity contribution < 1.29 is 19.7 Å². The summed E-state index contributed by atoms with van der Waals surface area (Å²) in [4.78, 5) is 11.7. The fourth-order valence-corrected chi connectivity index (χ4v) is 2.25. The molecule has 2 unspecified atom stereocenters. The van der Waals surface area contributed by atoms with E-state index in [1.165, 1.54) is 6.07 Å². The Hall–Kier alpha value is -1.75. The molecule has 0 aromatic heterocycles. The van der Waals surface area contributed by atoms with Crippen molar-refractivity contribution in [3.05, 3.63) is 24.3 Å². The lowest BCUT2D eigenvalue weighted by Crippen LogP contribution is -2.46. The number of hydrogen-bond donors (Lipinski definition) is 3. The number of rotatable bonds is 4. The average Bonchev–Trinajstić information content (AvgIpc) is 2.40. The molecule has 1 fully saturated rings. The first-order valence-electron chi connectivity index (χ1n) is 6.55. The second kappa shape index (κ2) is 6.43. The topological polar surface area (TPSA) is 78.8 Å². The predicted molar refractivity (Wildman–Crippen MR) is 70.0 cm³/mol. The molecule has 1 saturated carbocycles. The van der Waals surface area contributed by atoms with E-state index in [1.54, 1.807) is 18.2 Å². The molecule has 0 aliphatic heterocycles. The molecular formula is C14H19NO4. The Balaban J connectivity index is 1.80. The summed E-state index contributed by atoms with van der Waals surface area (Å²) in [6, 6.07) is 6.31.